The van der Waals surface area contributed by atoms with Crippen LogP contribution < -0.4 is 10.6 Å². The average molecular weight is 300 g/mol. The van der Waals surface area contributed by atoms with Crippen LogP contribution in [0.25, 0.3) is 0 Å². The van der Waals surface area contributed by atoms with Crippen molar-refractivity contribution < 1.29 is 14.0 Å². The smallest absolute Gasteiger partial charge is 0.253 e. The van der Waals surface area contributed by atoms with Gasteiger partial charge in [-0.2, -0.15) is 0 Å². The van der Waals surface area contributed by atoms with Crippen molar-refractivity contribution in [2.24, 2.45) is 0 Å². The molecule has 0 bridgehead atoms. The van der Waals surface area contributed by atoms with Crippen LogP contribution >= 0.6 is 0 Å². The van der Waals surface area contributed by atoms with Gasteiger partial charge in [-0.1, -0.05) is 24.3 Å². The van der Waals surface area contributed by atoms with Crippen molar-refractivity contribution in [2.75, 3.05) is 12.4 Å². The SMILES string of the molecule is CNC(=O)c1ccccc1NC(=O)CCc1ccc(F)cc1. The second-order valence-corrected chi connectivity index (χ2v) is 4.80. The summed E-state index contributed by atoms with van der Waals surface area (Å²) in [5, 5.41) is 5.27. The molecule has 2 N–H and O–H groups in total. The lowest BCUT2D eigenvalue weighted by atomic mass is 10.1. The lowest BCUT2D eigenvalue weighted by Crippen LogP contribution is -2.21. The van der Waals surface area contributed by atoms with E-state index in [0.29, 0.717) is 17.7 Å². The summed E-state index contributed by atoms with van der Waals surface area (Å²) in [4.78, 5) is 23.7. The van der Waals surface area contributed by atoms with Crippen LogP contribution in [0.15, 0.2) is 48.5 Å². The van der Waals surface area contributed by atoms with Gasteiger partial charge in [-0.15, -0.1) is 0 Å². The molecule has 0 spiro atoms. The van der Waals surface area contributed by atoms with Crippen molar-refractivity contribution in [2.45, 2.75) is 12.8 Å². The van der Waals surface area contributed by atoms with Gasteiger partial charge >= 0.3 is 0 Å². The van der Waals surface area contributed by atoms with Crippen LogP contribution in [0.3, 0.4) is 0 Å². The maximum Gasteiger partial charge on any atom is 0.253 e. The van der Waals surface area contributed by atoms with E-state index in [0.717, 1.165) is 5.56 Å². The minimum atomic E-state index is -0.298. The third-order valence-electron chi connectivity index (χ3n) is 3.23. The van der Waals surface area contributed by atoms with Gasteiger partial charge < -0.3 is 10.6 Å². The molecule has 0 saturated heterocycles. The molecule has 5 heteroatoms. The van der Waals surface area contributed by atoms with Crippen molar-refractivity contribution in [3.63, 3.8) is 0 Å². The number of rotatable bonds is 5. The first-order valence-electron chi connectivity index (χ1n) is 6.95. The minimum Gasteiger partial charge on any atom is -0.355 e. The van der Waals surface area contributed by atoms with Gasteiger partial charge in [0.05, 0.1) is 11.3 Å². The van der Waals surface area contributed by atoms with Crippen LogP contribution in [0.1, 0.15) is 22.3 Å². The molecule has 0 aliphatic carbocycles. The Balaban J connectivity index is 1.97. The molecule has 0 unspecified atom stereocenters. The molecule has 0 aliphatic rings. The fourth-order valence-electron chi connectivity index (χ4n) is 2.05. The highest BCUT2D eigenvalue weighted by Crippen LogP contribution is 2.15. The van der Waals surface area contributed by atoms with Crippen molar-refractivity contribution in [3.8, 4) is 0 Å². The maximum absolute atomic E-state index is 12.8. The summed E-state index contributed by atoms with van der Waals surface area (Å²) >= 11 is 0. The van der Waals surface area contributed by atoms with E-state index in [2.05, 4.69) is 10.6 Å². The molecule has 0 heterocycles. The third-order valence-corrected chi connectivity index (χ3v) is 3.23. The molecule has 0 aromatic heterocycles. The van der Waals surface area contributed by atoms with Crippen molar-refractivity contribution in [1.82, 2.24) is 5.32 Å². The lowest BCUT2D eigenvalue weighted by Gasteiger charge is -2.10. The van der Waals surface area contributed by atoms with E-state index in [4.69, 9.17) is 0 Å². The Kier molecular flexibility index (Phi) is 5.25. The highest BCUT2D eigenvalue weighted by Gasteiger charge is 2.11. The Labute approximate surface area is 128 Å². The third kappa shape index (κ3) is 4.15. The van der Waals surface area contributed by atoms with Gasteiger partial charge in [0, 0.05) is 13.5 Å². The van der Waals surface area contributed by atoms with Gasteiger partial charge in [0.15, 0.2) is 0 Å². The summed E-state index contributed by atoms with van der Waals surface area (Å²) in [7, 11) is 1.54. The number of halogens is 1. The van der Waals surface area contributed by atoms with Gasteiger partial charge in [-0.25, -0.2) is 4.39 Å². The zero-order chi connectivity index (χ0) is 15.9. The lowest BCUT2D eigenvalue weighted by molar-refractivity contribution is -0.116. The summed E-state index contributed by atoms with van der Waals surface area (Å²) < 4.78 is 12.8. The Morgan fingerprint density at radius 1 is 1.05 bits per heavy atom. The number of aryl methyl sites for hydroxylation is 1. The van der Waals surface area contributed by atoms with Crippen LogP contribution in [-0.4, -0.2) is 18.9 Å². The van der Waals surface area contributed by atoms with E-state index in [1.807, 2.05) is 0 Å². The Morgan fingerprint density at radius 3 is 2.41 bits per heavy atom. The van der Waals surface area contributed by atoms with E-state index in [9.17, 15) is 14.0 Å². The standard InChI is InChI=1S/C17H17FN2O2/c1-19-17(22)14-4-2-3-5-15(14)20-16(21)11-8-12-6-9-13(18)10-7-12/h2-7,9-10H,8,11H2,1H3,(H,19,22)(H,20,21). The van der Waals surface area contributed by atoms with Gasteiger partial charge in [-0.05, 0) is 36.2 Å². The topological polar surface area (TPSA) is 58.2 Å². The highest BCUT2D eigenvalue weighted by molar-refractivity contribution is 6.03. The van der Waals surface area contributed by atoms with Gasteiger partial charge in [0.2, 0.25) is 5.91 Å². The normalized spacial score (nSPS) is 10.1. The van der Waals surface area contributed by atoms with E-state index >= 15 is 0 Å². The molecular weight excluding hydrogens is 283 g/mol. The predicted octanol–water partition coefficient (Wildman–Crippen LogP) is 2.76. The first-order valence-corrected chi connectivity index (χ1v) is 6.95. The van der Waals surface area contributed by atoms with Crippen molar-refractivity contribution in [3.05, 3.63) is 65.5 Å². The van der Waals surface area contributed by atoms with Gasteiger partial charge in [0.1, 0.15) is 5.82 Å². The fraction of sp³-hybridized carbons (Fsp3) is 0.176. The summed E-state index contributed by atoms with van der Waals surface area (Å²) in [6, 6.07) is 12.9. The average Bonchev–Trinajstić information content (AvgIpc) is 2.54. The van der Waals surface area contributed by atoms with E-state index in [1.165, 1.54) is 19.2 Å². The maximum atomic E-state index is 12.8. The molecule has 2 amide bonds. The molecule has 2 rings (SSSR count). The van der Waals surface area contributed by atoms with Crippen LogP contribution in [0.5, 0.6) is 0 Å². The molecule has 0 fully saturated rings. The molecule has 114 valence electrons. The predicted molar refractivity (Wildman–Crippen MR) is 83.2 cm³/mol. The first-order chi connectivity index (χ1) is 10.6. The zero-order valence-corrected chi connectivity index (χ0v) is 12.2. The monoisotopic (exact) mass is 300 g/mol. The number of benzene rings is 2. The van der Waals surface area contributed by atoms with Crippen LogP contribution in [0.4, 0.5) is 10.1 Å². The van der Waals surface area contributed by atoms with E-state index in [1.54, 1.807) is 36.4 Å². The van der Waals surface area contributed by atoms with E-state index in [-0.39, 0.29) is 24.1 Å². The minimum absolute atomic E-state index is 0.194. The van der Waals surface area contributed by atoms with Gasteiger partial charge in [0.25, 0.3) is 5.91 Å². The van der Waals surface area contributed by atoms with Crippen LogP contribution in [-0.2, 0) is 11.2 Å². The van der Waals surface area contributed by atoms with Gasteiger partial charge in [-0.3, -0.25) is 9.59 Å². The molecule has 2 aromatic carbocycles. The number of nitrogens with one attached hydrogen (secondary N) is 2. The number of carbonyl (C=O) groups is 2. The number of anilines is 1. The number of hydrogen-bond donors (Lipinski definition) is 2. The second kappa shape index (κ2) is 7.36. The Hall–Kier alpha value is -2.69. The molecule has 0 radical (unpaired) electrons. The number of carbonyl (C=O) groups excluding carboxylic acids is 2. The molecule has 0 aliphatic heterocycles. The first kappa shape index (κ1) is 15.7. The van der Waals surface area contributed by atoms with Crippen LogP contribution in [0, 0.1) is 5.82 Å². The molecular formula is C17H17FN2O2. The number of hydrogen-bond acceptors (Lipinski definition) is 2. The van der Waals surface area contributed by atoms with E-state index < -0.39 is 0 Å². The summed E-state index contributed by atoms with van der Waals surface area (Å²) in [5.41, 5.74) is 1.78. The Morgan fingerprint density at radius 2 is 1.73 bits per heavy atom. The number of para-hydroxylation sites is 1. The Bertz CT molecular complexity index is 669. The summed E-state index contributed by atoms with van der Waals surface area (Å²) in [6.07, 6.45) is 0.766. The summed E-state index contributed by atoms with van der Waals surface area (Å²) in [5.74, 6) is -0.747. The highest BCUT2D eigenvalue weighted by atomic mass is 19.1. The fourth-order valence-corrected chi connectivity index (χ4v) is 2.05. The second-order valence-electron chi connectivity index (χ2n) is 4.80. The quantitative estimate of drug-likeness (QED) is 0.892. The van der Waals surface area contributed by atoms with Crippen LogP contribution in [0.2, 0.25) is 0 Å². The largest absolute Gasteiger partial charge is 0.355 e. The molecule has 22 heavy (non-hydrogen) atoms. The molecule has 0 saturated carbocycles. The molecule has 0 atom stereocenters. The number of amides is 2. The van der Waals surface area contributed by atoms with Crippen molar-refractivity contribution >= 4 is 17.5 Å². The summed E-state index contributed by atoms with van der Waals surface area (Å²) in [6.45, 7) is 0. The zero-order valence-electron chi connectivity index (χ0n) is 12.2. The molecule has 2 aromatic rings. The molecule has 4 nitrogen and oxygen atoms in total. The van der Waals surface area contributed by atoms with Crippen molar-refractivity contribution in [1.29, 1.82) is 0 Å².